The number of nitrogens with one attached hydrogen (secondary N) is 7. The molecule has 0 fully saturated rings. The zero-order valence-corrected chi connectivity index (χ0v) is 35.1. The van der Waals surface area contributed by atoms with Gasteiger partial charge >= 0.3 is 6.03 Å². The minimum atomic E-state index is -1.33. The number of carbonyl (C=O) groups excluding carboxylic acids is 6. The lowest BCUT2D eigenvalue weighted by Crippen LogP contribution is -2.60. The number of para-hydroxylation sites is 1. The first-order valence-corrected chi connectivity index (χ1v) is 20.6. The summed E-state index contributed by atoms with van der Waals surface area (Å²) in [6.07, 6.45) is 6.06. The van der Waals surface area contributed by atoms with Gasteiger partial charge < -0.3 is 48.4 Å². The van der Waals surface area contributed by atoms with Crippen molar-refractivity contribution in [1.29, 1.82) is 0 Å². The van der Waals surface area contributed by atoms with Crippen molar-refractivity contribution in [3.8, 4) is 0 Å². The van der Waals surface area contributed by atoms with E-state index >= 15 is 0 Å². The summed E-state index contributed by atoms with van der Waals surface area (Å²) in [4.78, 5) is 102. The van der Waals surface area contributed by atoms with Gasteiger partial charge in [-0.25, -0.2) is 14.8 Å². The molecule has 5 atom stereocenters. The van der Waals surface area contributed by atoms with Crippen LogP contribution < -0.4 is 43.9 Å². The average Bonchev–Trinajstić information content (AvgIpc) is 3.95. The van der Waals surface area contributed by atoms with Crippen LogP contribution in [0.25, 0.3) is 10.9 Å². The number of hydrogen-bond donors (Lipinski definition) is 10. The van der Waals surface area contributed by atoms with Crippen LogP contribution in [0.4, 0.5) is 10.5 Å². The normalized spacial score (nSPS) is 13.4. The number of urea groups is 1. The molecule has 7 amide bonds. The van der Waals surface area contributed by atoms with Crippen LogP contribution in [-0.2, 0) is 49.8 Å². The molecule has 21 heteroatoms. The minimum Gasteiger partial charge on any atom is -0.368 e. The number of nitrogens with zero attached hydrogens (tertiary/aromatic N) is 3. The SMILES string of the molecule is C[C@H](NC(=O)[C@@H](Cc1c[nH]c2ccccc12)NC(=O)[C@@H](N)Cc1cnc[nH]1)C(=O)NN(Cc1ccc([N+](=O)[O-])cc1)C(=O)N[C@H](Cc1ccccc1)C(=O)N[C@@H](CCCCN)C(N)=O. The summed E-state index contributed by atoms with van der Waals surface area (Å²) in [5.41, 5.74) is 22.8. The van der Waals surface area contributed by atoms with E-state index in [2.05, 4.69) is 41.6 Å². The number of hydrogen-bond acceptors (Lipinski definition) is 11. The summed E-state index contributed by atoms with van der Waals surface area (Å²) < 4.78 is 0. The van der Waals surface area contributed by atoms with Gasteiger partial charge in [-0.2, -0.15) is 0 Å². The fraction of sp³-hybridized carbons (Fsp3) is 0.326. The van der Waals surface area contributed by atoms with Crippen LogP contribution in [0.1, 0.15) is 48.6 Å². The highest BCUT2D eigenvalue weighted by Gasteiger charge is 2.31. The molecule has 5 rings (SSSR count). The Balaban J connectivity index is 1.36. The average molecular weight is 880 g/mol. The standard InChI is InChI=1S/C43H53N13O8/c1-26(50-41(60)37(20-29-22-48-34-12-6-5-11-32(29)34)52-40(59)33(45)21-30-23-47-25-49-30)39(58)54-55(24-28-14-16-31(17-15-28)56(63)64)43(62)53-36(19-27-9-3-2-4-10-27)42(61)51-35(38(46)57)13-7-8-18-44/h2-6,9-12,14-17,22-23,25-26,33,35-37,48H,7-8,13,18-21,24,44-45H2,1H3,(H2,46,57)(H,47,49)(H,50,60)(H,51,61)(H,52,59)(H,53,62)(H,54,58)/t26-,33-,35-,36+,37+/m0/s1. The predicted molar refractivity (Wildman–Crippen MR) is 235 cm³/mol. The Morgan fingerprint density at radius 2 is 1.44 bits per heavy atom. The molecular weight excluding hydrogens is 827 g/mol. The number of benzene rings is 3. The molecule has 338 valence electrons. The molecule has 21 nitrogen and oxygen atoms in total. The Bertz CT molecular complexity index is 2370. The fourth-order valence-electron chi connectivity index (χ4n) is 6.75. The summed E-state index contributed by atoms with van der Waals surface area (Å²) in [7, 11) is 0. The van der Waals surface area contributed by atoms with Gasteiger partial charge in [0.1, 0.15) is 24.2 Å². The number of amides is 7. The zero-order valence-electron chi connectivity index (χ0n) is 35.1. The number of aromatic nitrogens is 3. The molecule has 0 saturated heterocycles. The summed E-state index contributed by atoms with van der Waals surface area (Å²) in [6.45, 7) is 1.38. The molecule has 3 aromatic carbocycles. The van der Waals surface area contributed by atoms with Gasteiger partial charge in [-0.15, -0.1) is 0 Å². The number of unbranched alkanes of at least 4 members (excludes halogenated alkanes) is 1. The highest BCUT2D eigenvalue weighted by atomic mass is 16.6. The van der Waals surface area contributed by atoms with Crippen molar-refractivity contribution in [2.45, 2.75) is 82.2 Å². The number of imidazole rings is 1. The molecule has 0 aliphatic carbocycles. The van der Waals surface area contributed by atoms with Crippen molar-refractivity contribution < 1.29 is 33.7 Å². The van der Waals surface area contributed by atoms with Gasteiger partial charge in [0.2, 0.25) is 23.6 Å². The lowest BCUT2D eigenvalue weighted by molar-refractivity contribution is -0.384. The maximum Gasteiger partial charge on any atom is 0.337 e. The van der Waals surface area contributed by atoms with Gasteiger partial charge in [-0.3, -0.25) is 39.5 Å². The van der Waals surface area contributed by atoms with E-state index in [1.807, 2.05) is 24.3 Å². The molecule has 2 heterocycles. The van der Waals surface area contributed by atoms with Crippen LogP contribution in [0.3, 0.4) is 0 Å². The van der Waals surface area contributed by atoms with E-state index in [0.717, 1.165) is 15.9 Å². The number of non-ortho nitro benzene ring substituents is 1. The molecule has 0 aliphatic heterocycles. The van der Waals surface area contributed by atoms with Crippen LogP contribution in [-0.4, -0.2) is 97.2 Å². The number of nitro benzene ring substituents is 1. The van der Waals surface area contributed by atoms with E-state index in [4.69, 9.17) is 17.2 Å². The summed E-state index contributed by atoms with van der Waals surface area (Å²) in [6, 6.07) is 14.4. The van der Waals surface area contributed by atoms with Crippen molar-refractivity contribution in [2.24, 2.45) is 17.2 Å². The maximum absolute atomic E-state index is 14.2. The molecule has 13 N–H and O–H groups in total. The lowest BCUT2D eigenvalue weighted by Gasteiger charge is -2.29. The molecule has 0 bridgehead atoms. The largest absolute Gasteiger partial charge is 0.368 e. The molecule has 0 unspecified atom stereocenters. The molecule has 0 spiro atoms. The van der Waals surface area contributed by atoms with Crippen molar-refractivity contribution in [1.82, 2.24) is 46.7 Å². The Kier molecular flexibility index (Phi) is 17.0. The van der Waals surface area contributed by atoms with Gasteiger partial charge in [0.25, 0.3) is 11.6 Å². The number of H-pyrrole nitrogens is 2. The van der Waals surface area contributed by atoms with Crippen LogP contribution in [0.15, 0.2) is 97.6 Å². The highest BCUT2D eigenvalue weighted by Crippen LogP contribution is 2.20. The number of carbonyl (C=O) groups is 6. The number of hydrazine groups is 1. The number of nitro groups is 1. The second kappa shape index (κ2) is 23.0. The number of primary amides is 1. The van der Waals surface area contributed by atoms with Gasteiger partial charge in [-0.1, -0.05) is 60.7 Å². The van der Waals surface area contributed by atoms with E-state index in [0.29, 0.717) is 41.8 Å². The molecule has 5 aromatic rings. The number of nitrogens with two attached hydrogens (primary N) is 3. The van der Waals surface area contributed by atoms with Crippen molar-refractivity contribution in [2.75, 3.05) is 6.54 Å². The van der Waals surface area contributed by atoms with Crippen molar-refractivity contribution in [3.63, 3.8) is 0 Å². The first-order chi connectivity index (χ1) is 30.7. The smallest absolute Gasteiger partial charge is 0.337 e. The third kappa shape index (κ3) is 13.7. The van der Waals surface area contributed by atoms with Crippen molar-refractivity contribution in [3.05, 3.63) is 130 Å². The molecule has 0 radical (unpaired) electrons. The van der Waals surface area contributed by atoms with Gasteiger partial charge in [0.15, 0.2) is 0 Å². The van der Waals surface area contributed by atoms with E-state index in [-0.39, 0.29) is 37.9 Å². The monoisotopic (exact) mass is 879 g/mol. The molecule has 2 aromatic heterocycles. The minimum absolute atomic E-state index is 0.00980. The Hall–Kier alpha value is -7.65. The first-order valence-electron chi connectivity index (χ1n) is 20.6. The molecule has 64 heavy (non-hydrogen) atoms. The predicted octanol–water partition coefficient (Wildman–Crippen LogP) is 0.855. The summed E-state index contributed by atoms with van der Waals surface area (Å²) >= 11 is 0. The molecule has 0 saturated carbocycles. The van der Waals surface area contributed by atoms with Crippen LogP contribution in [0.5, 0.6) is 0 Å². The third-order valence-electron chi connectivity index (χ3n) is 10.3. The Morgan fingerprint density at radius 1 is 0.766 bits per heavy atom. The van der Waals surface area contributed by atoms with E-state index < -0.39 is 70.7 Å². The van der Waals surface area contributed by atoms with Gasteiger partial charge in [0.05, 0.1) is 23.8 Å². The van der Waals surface area contributed by atoms with Crippen LogP contribution >= 0.6 is 0 Å². The zero-order chi connectivity index (χ0) is 46.2. The quantitative estimate of drug-likeness (QED) is 0.0264. The Labute approximate surface area is 367 Å². The van der Waals surface area contributed by atoms with E-state index in [1.165, 1.54) is 43.7 Å². The Morgan fingerprint density at radius 3 is 2.11 bits per heavy atom. The number of fused-ring (bicyclic) bond motifs is 1. The number of rotatable bonds is 22. The van der Waals surface area contributed by atoms with Crippen LogP contribution in [0, 0.1) is 10.1 Å². The van der Waals surface area contributed by atoms with E-state index in [1.54, 1.807) is 36.5 Å². The maximum atomic E-state index is 14.2. The van der Waals surface area contributed by atoms with Crippen molar-refractivity contribution >= 4 is 52.2 Å². The topological polar surface area (TPSA) is 331 Å². The molecular formula is C43H53N13O8. The lowest BCUT2D eigenvalue weighted by atomic mass is 10.0. The summed E-state index contributed by atoms with van der Waals surface area (Å²) in [5, 5.41) is 23.6. The van der Waals surface area contributed by atoms with Crippen LogP contribution in [0.2, 0.25) is 0 Å². The second-order valence-electron chi connectivity index (χ2n) is 15.2. The third-order valence-corrected chi connectivity index (χ3v) is 10.3. The molecule has 0 aliphatic rings. The first kappa shape index (κ1) is 47.4. The van der Waals surface area contributed by atoms with Gasteiger partial charge in [-0.05, 0) is 55.5 Å². The second-order valence-corrected chi connectivity index (χ2v) is 15.2. The fourth-order valence-corrected chi connectivity index (χ4v) is 6.75. The highest BCUT2D eigenvalue weighted by molar-refractivity contribution is 5.95. The van der Waals surface area contributed by atoms with Gasteiger partial charge in [0, 0.05) is 60.4 Å². The summed E-state index contributed by atoms with van der Waals surface area (Å²) in [5.74, 6) is -3.76. The van der Waals surface area contributed by atoms with E-state index in [9.17, 15) is 38.9 Å². The number of aromatic amines is 2.